The molecule has 2 saturated heterocycles. The average Bonchev–Trinajstić information content (AvgIpc) is 2.95. The van der Waals surface area contributed by atoms with E-state index in [0.29, 0.717) is 23.5 Å². The topological polar surface area (TPSA) is 64.8 Å². The monoisotopic (exact) mass is 229 g/mol. The molecule has 1 N–H and O–H groups in total. The van der Waals surface area contributed by atoms with Crippen LogP contribution in [0.1, 0.15) is 24.8 Å². The summed E-state index contributed by atoms with van der Waals surface area (Å²) >= 11 is 0. The zero-order valence-corrected chi connectivity index (χ0v) is 9.63. The van der Waals surface area contributed by atoms with Crippen molar-refractivity contribution in [1.29, 1.82) is 5.26 Å². The fraction of sp³-hybridized carbons (Fsp3) is 0.583. The molecule has 2 aliphatic heterocycles. The molecular weight excluding hydrogens is 214 g/mol. The first-order valence-corrected chi connectivity index (χ1v) is 6.09. The largest absolute Gasteiger partial charge is 0.365 e. The van der Waals surface area contributed by atoms with E-state index in [1.54, 1.807) is 6.20 Å². The fourth-order valence-electron chi connectivity index (χ4n) is 2.95. The van der Waals surface area contributed by atoms with Gasteiger partial charge in [-0.1, -0.05) is 0 Å². The van der Waals surface area contributed by atoms with Gasteiger partial charge in [0, 0.05) is 18.6 Å². The average molecular weight is 229 g/mol. The summed E-state index contributed by atoms with van der Waals surface area (Å²) in [4.78, 5) is 10.6. The molecule has 0 bridgehead atoms. The molecule has 2 fully saturated rings. The molecule has 3 heterocycles. The Bertz CT molecular complexity index is 452. The van der Waals surface area contributed by atoms with Crippen LogP contribution in [0.2, 0.25) is 0 Å². The minimum atomic E-state index is 0.430. The molecule has 0 amide bonds. The van der Waals surface area contributed by atoms with Gasteiger partial charge in [0.1, 0.15) is 23.8 Å². The van der Waals surface area contributed by atoms with Crippen molar-refractivity contribution in [2.75, 3.05) is 18.4 Å². The third-order valence-corrected chi connectivity index (χ3v) is 3.76. The molecule has 88 valence electrons. The predicted octanol–water partition coefficient (Wildman–Crippen LogP) is 0.997. The van der Waals surface area contributed by atoms with E-state index in [1.807, 2.05) is 0 Å². The van der Waals surface area contributed by atoms with Gasteiger partial charge in [0.25, 0.3) is 0 Å². The minimum Gasteiger partial charge on any atom is -0.365 e. The maximum absolute atomic E-state index is 9.00. The van der Waals surface area contributed by atoms with Gasteiger partial charge < -0.3 is 5.32 Å². The third-order valence-electron chi connectivity index (χ3n) is 3.76. The second kappa shape index (κ2) is 4.30. The first kappa shape index (κ1) is 10.5. The van der Waals surface area contributed by atoms with Crippen LogP contribution in [0.15, 0.2) is 12.5 Å². The van der Waals surface area contributed by atoms with Gasteiger partial charge in [-0.05, 0) is 25.8 Å². The molecule has 0 aromatic carbocycles. The number of nitrogens with zero attached hydrogens (tertiary/aromatic N) is 4. The van der Waals surface area contributed by atoms with Crippen LogP contribution in [0, 0.1) is 11.3 Å². The molecule has 0 spiro atoms. The van der Waals surface area contributed by atoms with Crippen molar-refractivity contribution in [1.82, 2.24) is 14.9 Å². The highest BCUT2D eigenvalue weighted by Gasteiger charge is 2.37. The molecule has 3 rings (SSSR count). The molecule has 0 radical (unpaired) electrons. The van der Waals surface area contributed by atoms with Crippen molar-refractivity contribution >= 4 is 5.82 Å². The SMILES string of the molecule is N#Cc1cncnc1NC1CCN2CCCC12. The quantitative estimate of drug-likeness (QED) is 0.819. The Labute approximate surface area is 100 Å². The Balaban J connectivity index is 1.77. The highest BCUT2D eigenvalue weighted by molar-refractivity contribution is 5.50. The van der Waals surface area contributed by atoms with E-state index in [1.165, 1.54) is 25.7 Å². The van der Waals surface area contributed by atoms with Gasteiger partial charge in [-0.3, -0.25) is 4.90 Å². The number of aromatic nitrogens is 2. The van der Waals surface area contributed by atoms with Crippen molar-refractivity contribution in [2.24, 2.45) is 0 Å². The van der Waals surface area contributed by atoms with Crippen molar-refractivity contribution in [3.05, 3.63) is 18.1 Å². The normalized spacial score (nSPS) is 27.7. The van der Waals surface area contributed by atoms with E-state index in [-0.39, 0.29) is 0 Å². The Morgan fingerprint density at radius 2 is 2.35 bits per heavy atom. The summed E-state index contributed by atoms with van der Waals surface area (Å²) in [6.07, 6.45) is 6.74. The van der Waals surface area contributed by atoms with E-state index in [4.69, 9.17) is 5.26 Å². The molecule has 2 unspecified atom stereocenters. The van der Waals surface area contributed by atoms with Crippen LogP contribution < -0.4 is 5.32 Å². The van der Waals surface area contributed by atoms with Crippen molar-refractivity contribution in [3.63, 3.8) is 0 Å². The molecule has 0 aliphatic carbocycles. The van der Waals surface area contributed by atoms with Crippen LogP contribution in [-0.2, 0) is 0 Å². The van der Waals surface area contributed by atoms with E-state index >= 15 is 0 Å². The molecule has 5 nitrogen and oxygen atoms in total. The van der Waals surface area contributed by atoms with Crippen molar-refractivity contribution in [2.45, 2.75) is 31.3 Å². The highest BCUT2D eigenvalue weighted by atomic mass is 15.2. The lowest BCUT2D eigenvalue weighted by Gasteiger charge is -2.21. The van der Waals surface area contributed by atoms with Crippen LogP contribution in [0.3, 0.4) is 0 Å². The maximum atomic E-state index is 9.00. The molecular formula is C12H15N5. The molecule has 0 saturated carbocycles. The zero-order chi connectivity index (χ0) is 11.7. The van der Waals surface area contributed by atoms with Gasteiger partial charge in [-0.15, -0.1) is 0 Å². The number of nitrogens with one attached hydrogen (secondary N) is 1. The van der Waals surface area contributed by atoms with Crippen molar-refractivity contribution in [3.8, 4) is 6.07 Å². The summed E-state index contributed by atoms with van der Waals surface area (Å²) in [6.45, 7) is 2.38. The number of hydrogen-bond donors (Lipinski definition) is 1. The lowest BCUT2D eigenvalue weighted by molar-refractivity contribution is 0.318. The first-order valence-electron chi connectivity index (χ1n) is 6.09. The molecule has 17 heavy (non-hydrogen) atoms. The highest BCUT2D eigenvalue weighted by Crippen LogP contribution is 2.30. The summed E-state index contributed by atoms with van der Waals surface area (Å²) < 4.78 is 0. The van der Waals surface area contributed by atoms with Crippen LogP contribution in [0.4, 0.5) is 5.82 Å². The Hall–Kier alpha value is -1.67. The molecule has 1 aromatic heterocycles. The van der Waals surface area contributed by atoms with Gasteiger partial charge in [-0.2, -0.15) is 5.26 Å². The first-order chi connectivity index (χ1) is 8.38. The molecule has 1 aromatic rings. The second-order valence-electron chi connectivity index (χ2n) is 4.68. The van der Waals surface area contributed by atoms with E-state index in [2.05, 4.69) is 26.3 Å². The smallest absolute Gasteiger partial charge is 0.147 e. The molecule has 5 heteroatoms. The summed E-state index contributed by atoms with van der Waals surface area (Å²) in [7, 11) is 0. The number of fused-ring (bicyclic) bond motifs is 1. The van der Waals surface area contributed by atoms with E-state index < -0.39 is 0 Å². The predicted molar refractivity (Wildman–Crippen MR) is 63.4 cm³/mol. The van der Waals surface area contributed by atoms with Crippen LogP contribution in [0.25, 0.3) is 0 Å². The lowest BCUT2D eigenvalue weighted by Crippen LogP contribution is -2.34. The second-order valence-corrected chi connectivity index (χ2v) is 4.68. The van der Waals surface area contributed by atoms with Gasteiger partial charge >= 0.3 is 0 Å². The summed E-state index contributed by atoms with van der Waals surface area (Å²) in [6, 6.07) is 3.18. The molecule has 2 atom stereocenters. The van der Waals surface area contributed by atoms with Gasteiger partial charge in [-0.25, -0.2) is 9.97 Å². The number of rotatable bonds is 2. The van der Waals surface area contributed by atoms with Crippen LogP contribution in [0.5, 0.6) is 0 Å². The van der Waals surface area contributed by atoms with Gasteiger partial charge in [0.15, 0.2) is 0 Å². The summed E-state index contributed by atoms with van der Waals surface area (Å²) in [5, 5.41) is 12.4. The van der Waals surface area contributed by atoms with Gasteiger partial charge in [0.05, 0.1) is 6.20 Å². The lowest BCUT2D eigenvalue weighted by atomic mass is 10.1. The van der Waals surface area contributed by atoms with E-state index in [9.17, 15) is 0 Å². The maximum Gasteiger partial charge on any atom is 0.147 e. The van der Waals surface area contributed by atoms with Crippen molar-refractivity contribution < 1.29 is 0 Å². The molecule has 2 aliphatic rings. The minimum absolute atomic E-state index is 0.430. The third kappa shape index (κ3) is 1.85. The fourth-order valence-corrected chi connectivity index (χ4v) is 2.95. The summed E-state index contributed by atoms with van der Waals surface area (Å²) in [5.41, 5.74) is 0.531. The summed E-state index contributed by atoms with van der Waals surface area (Å²) in [5.74, 6) is 0.682. The standard InChI is InChI=1S/C12H15N5/c13-6-9-7-14-8-15-12(9)16-10-3-5-17-4-1-2-11(10)17/h7-8,10-11H,1-5H2,(H,14,15,16). The Morgan fingerprint density at radius 3 is 3.24 bits per heavy atom. The Kier molecular flexibility index (Phi) is 2.65. The number of anilines is 1. The van der Waals surface area contributed by atoms with E-state index in [0.717, 1.165) is 13.0 Å². The Morgan fingerprint density at radius 1 is 1.41 bits per heavy atom. The van der Waals surface area contributed by atoms with Gasteiger partial charge in [0.2, 0.25) is 0 Å². The number of hydrogen-bond acceptors (Lipinski definition) is 5. The van der Waals surface area contributed by atoms with Crippen LogP contribution >= 0.6 is 0 Å². The number of nitriles is 1. The zero-order valence-electron chi connectivity index (χ0n) is 9.63. The van der Waals surface area contributed by atoms with Crippen LogP contribution in [-0.4, -0.2) is 40.0 Å².